The first kappa shape index (κ1) is 18.7. The topological polar surface area (TPSA) is 52.9 Å². The number of benzene rings is 3. The van der Waals surface area contributed by atoms with Crippen molar-refractivity contribution in [1.82, 2.24) is 0 Å². The standard InChI is InChI=1S/C23H19ClN2O/c1-2-23(16-25,18-11-7-4-8-12-18)19-13-14-21(20(24)15-19)26-22(27)17-9-5-3-6-10-17/h3-15H,2H2,1H3,(H,26,27). The van der Waals surface area contributed by atoms with Gasteiger partial charge in [0.2, 0.25) is 0 Å². The lowest BCUT2D eigenvalue weighted by molar-refractivity contribution is 0.102. The Labute approximate surface area is 164 Å². The first-order chi connectivity index (χ1) is 13.1. The maximum absolute atomic E-state index is 12.4. The molecule has 0 aliphatic rings. The van der Waals surface area contributed by atoms with Crippen LogP contribution in [0.15, 0.2) is 78.9 Å². The van der Waals surface area contributed by atoms with E-state index in [0.29, 0.717) is 22.7 Å². The monoisotopic (exact) mass is 374 g/mol. The zero-order valence-corrected chi connectivity index (χ0v) is 15.7. The highest BCUT2D eigenvalue weighted by molar-refractivity contribution is 6.34. The predicted molar refractivity (Wildman–Crippen MR) is 109 cm³/mol. The van der Waals surface area contributed by atoms with Gasteiger partial charge in [-0.25, -0.2) is 0 Å². The van der Waals surface area contributed by atoms with E-state index in [-0.39, 0.29) is 5.91 Å². The molecule has 0 saturated carbocycles. The summed E-state index contributed by atoms with van der Waals surface area (Å²) < 4.78 is 0. The second-order valence-electron chi connectivity index (χ2n) is 6.25. The highest BCUT2D eigenvalue weighted by Crippen LogP contribution is 2.37. The lowest BCUT2D eigenvalue weighted by Gasteiger charge is -2.27. The first-order valence-corrected chi connectivity index (χ1v) is 9.11. The van der Waals surface area contributed by atoms with E-state index >= 15 is 0 Å². The third-order valence-corrected chi connectivity index (χ3v) is 5.05. The van der Waals surface area contributed by atoms with Crippen molar-refractivity contribution in [1.29, 1.82) is 5.26 Å². The Morgan fingerprint density at radius 3 is 2.19 bits per heavy atom. The van der Waals surface area contributed by atoms with Crippen molar-refractivity contribution in [2.75, 3.05) is 5.32 Å². The Morgan fingerprint density at radius 1 is 1.00 bits per heavy atom. The Morgan fingerprint density at radius 2 is 1.63 bits per heavy atom. The molecule has 0 radical (unpaired) electrons. The van der Waals surface area contributed by atoms with Crippen LogP contribution in [0.1, 0.15) is 34.8 Å². The summed E-state index contributed by atoms with van der Waals surface area (Å²) in [5, 5.41) is 13.2. The van der Waals surface area contributed by atoms with Gasteiger partial charge in [-0.15, -0.1) is 0 Å². The van der Waals surface area contributed by atoms with E-state index in [1.54, 1.807) is 24.3 Å². The van der Waals surface area contributed by atoms with Crippen molar-refractivity contribution >= 4 is 23.2 Å². The molecule has 4 heteroatoms. The van der Waals surface area contributed by atoms with E-state index in [2.05, 4.69) is 11.4 Å². The van der Waals surface area contributed by atoms with Gasteiger partial charge in [0.1, 0.15) is 5.41 Å². The molecule has 0 bridgehead atoms. The van der Waals surface area contributed by atoms with E-state index in [4.69, 9.17) is 11.6 Å². The zero-order chi connectivity index (χ0) is 19.3. The van der Waals surface area contributed by atoms with Crippen molar-refractivity contribution in [3.63, 3.8) is 0 Å². The van der Waals surface area contributed by atoms with Gasteiger partial charge in [-0.05, 0) is 41.8 Å². The third kappa shape index (κ3) is 3.72. The number of rotatable bonds is 5. The smallest absolute Gasteiger partial charge is 0.255 e. The highest BCUT2D eigenvalue weighted by Gasteiger charge is 2.33. The summed E-state index contributed by atoms with van der Waals surface area (Å²) in [5.41, 5.74) is 2.02. The van der Waals surface area contributed by atoms with Crippen molar-refractivity contribution in [3.8, 4) is 6.07 Å². The van der Waals surface area contributed by atoms with Crippen LogP contribution in [-0.2, 0) is 5.41 Å². The minimum Gasteiger partial charge on any atom is -0.321 e. The van der Waals surface area contributed by atoms with Gasteiger partial charge in [0, 0.05) is 5.56 Å². The second-order valence-corrected chi connectivity index (χ2v) is 6.66. The summed E-state index contributed by atoms with van der Waals surface area (Å²) in [6.07, 6.45) is 0.611. The van der Waals surface area contributed by atoms with Gasteiger partial charge >= 0.3 is 0 Å². The largest absolute Gasteiger partial charge is 0.321 e. The van der Waals surface area contributed by atoms with E-state index in [9.17, 15) is 10.1 Å². The van der Waals surface area contributed by atoms with Crippen LogP contribution < -0.4 is 5.32 Å². The maximum Gasteiger partial charge on any atom is 0.255 e. The van der Waals surface area contributed by atoms with E-state index in [0.717, 1.165) is 11.1 Å². The normalized spacial score (nSPS) is 12.6. The molecular weight excluding hydrogens is 356 g/mol. The summed E-state index contributed by atoms with van der Waals surface area (Å²) in [7, 11) is 0. The maximum atomic E-state index is 12.4. The van der Waals surface area contributed by atoms with E-state index in [1.165, 1.54) is 0 Å². The summed E-state index contributed by atoms with van der Waals surface area (Å²) in [6, 6.07) is 26.5. The molecule has 1 atom stereocenters. The number of amides is 1. The number of hydrogen-bond donors (Lipinski definition) is 1. The Hall–Kier alpha value is -3.09. The van der Waals surface area contributed by atoms with Crippen LogP contribution in [0.4, 0.5) is 5.69 Å². The van der Waals surface area contributed by atoms with Crippen LogP contribution in [0.2, 0.25) is 5.02 Å². The number of halogens is 1. The summed E-state index contributed by atoms with van der Waals surface area (Å²) in [4.78, 5) is 12.4. The summed E-state index contributed by atoms with van der Waals surface area (Å²) in [6.45, 7) is 1.98. The summed E-state index contributed by atoms with van der Waals surface area (Å²) in [5.74, 6) is -0.227. The first-order valence-electron chi connectivity index (χ1n) is 8.74. The number of carbonyl (C=O) groups excluding carboxylic acids is 1. The zero-order valence-electron chi connectivity index (χ0n) is 14.9. The van der Waals surface area contributed by atoms with Crippen LogP contribution in [0.3, 0.4) is 0 Å². The highest BCUT2D eigenvalue weighted by atomic mass is 35.5. The van der Waals surface area contributed by atoms with Crippen LogP contribution >= 0.6 is 11.6 Å². The number of nitriles is 1. The molecule has 27 heavy (non-hydrogen) atoms. The lowest BCUT2D eigenvalue weighted by Crippen LogP contribution is -2.25. The predicted octanol–water partition coefficient (Wildman–Crippen LogP) is 5.81. The minimum atomic E-state index is -0.785. The van der Waals surface area contributed by atoms with Gasteiger partial charge in [0.25, 0.3) is 5.91 Å². The van der Waals surface area contributed by atoms with Crippen molar-refractivity contribution < 1.29 is 4.79 Å². The van der Waals surface area contributed by atoms with Crippen molar-refractivity contribution in [2.45, 2.75) is 18.8 Å². The molecule has 3 aromatic carbocycles. The van der Waals surface area contributed by atoms with Crippen LogP contribution in [0.25, 0.3) is 0 Å². The van der Waals surface area contributed by atoms with Gasteiger partial charge in [0.05, 0.1) is 16.8 Å². The lowest BCUT2D eigenvalue weighted by atomic mass is 9.74. The SMILES string of the molecule is CCC(C#N)(c1ccccc1)c1ccc(NC(=O)c2ccccc2)c(Cl)c1. The minimum absolute atomic E-state index is 0.227. The molecule has 1 unspecified atom stereocenters. The van der Waals surface area contributed by atoms with Gasteiger partial charge in [-0.2, -0.15) is 5.26 Å². The van der Waals surface area contributed by atoms with Crippen LogP contribution in [0.5, 0.6) is 0 Å². The third-order valence-electron chi connectivity index (χ3n) is 4.73. The van der Waals surface area contributed by atoms with Gasteiger partial charge < -0.3 is 5.32 Å². The molecule has 3 nitrogen and oxygen atoms in total. The average molecular weight is 375 g/mol. The second kappa shape index (κ2) is 8.07. The van der Waals surface area contributed by atoms with Crippen LogP contribution in [-0.4, -0.2) is 5.91 Å². The Bertz CT molecular complexity index is 980. The Kier molecular flexibility index (Phi) is 5.59. The molecule has 3 aromatic rings. The molecule has 0 heterocycles. The van der Waals surface area contributed by atoms with Gasteiger partial charge in [0.15, 0.2) is 0 Å². The number of carbonyl (C=O) groups is 1. The molecule has 0 spiro atoms. The van der Waals surface area contributed by atoms with Crippen LogP contribution in [0, 0.1) is 11.3 Å². The summed E-state index contributed by atoms with van der Waals surface area (Å²) >= 11 is 6.44. The molecular formula is C23H19ClN2O. The molecule has 0 saturated heterocycles. The number of nitrogens with zero attached hydrogens (tertiary/aromatic N) is 1. The molecule has 3 rings (SSSR count). The fourth-order valence-corrected chi connectivity index (χ4v) is 3.40. The number of anilines is 1. The number of hydrogen-bond acceptors (Lipinski definition) is 2. The molecule has 1 amide bonds. The van der Waals surface area contributed by atoms with Crippen molar-refractivity contribution in [3.05, 3.63) is 101 Å². The van der Waals surface area contributed by atoms with Gasteiger partial charge in [-0.3, -0.25) is 4.79 Å². The number of nitrogens with one attached hydrogen (secondary N) is 1. The van der Waals surface area contributed by atoms with E-state index < -0.39 is 5.41 Å². The molecule has 0 aliphatic carbocycles. The van der Waals surface area contributed by atoms with Crippen molar-refractivity contribution in [2.24, 2.45) is 0 Å². The molecule has 0 aliphatic heterocycles. The Balaban J connectivity index is 1.94. The molecule has 1 N–H and O–H groups in total. The van der Waals surface area contributed by atoms with Gasteiger partial charge in [-0.1, -0.05) is 73.1 Å². The molecule has 0 aromatic heterocycles. The fraction of sp³-hybridized carbons (Fsp3) is 0.130. The van der Waals surface area contributed by atoms with E-state index in [1.807, 2.05) is 61.5 Å². The fourth-order valence-electron chi connectivity index (χ4n) is 3.17. The molecule has 134 valence electrons. The quantitative estimate of drug-likeness (QED) is 0.612. The molecule has 0 fully saturated rings. The average Bonchev–Trinajstić information content (AvgIpc) is 2.72.